The molecule has 1 aromatic heterocycles. The Hall–Kier alpha value is -0.930. The molecule has 3 rings (SSSR count). The highest BCUT2D eigenvalue weighted by molar-refractivity contribution is 5.11. The van der Waals surface area contributed by atoms with Gasteiger partial charge in [0.05, 0.1) is 5.69 Å². The summed E-state index contributed by atoms with van der Waals surface area (Å²) in [6.45, 7) is 9.36. The molecule has 0 aliphatic carbocycles. The Bertz CT molecular complexity index is 403. The number of fused-ring (bicyclic) bond motifs is 2. The lowest BCUT2D eigenvalue weighted by molar-refractivity contribution is 0.0784. The topological polar surface area (TPSA) is 19.4 Å². The first kappa shape index (κ1) is 12.1. The maximum Gasteiger partial charge on any atom is 0.0572 e. The standard InChI is InChI=1S/C15H23N3/c1-11(2)17-9-14-8-13(17)10-18(14)12(3)15-6-4-5-7-16-15/h4-7,11-14H,8-10H2,1-3H3/t12-,13?,14?/m1/s1. The van der Waals surface area contributed by atoms with Crippen LogP contribution in [0.5, 0.6) is 0 Å². The van der Waals surface area contributed by atoms with E-state index in [0.29, 0.717) is 12.1 Å². The highest BCUT2D eigenvalue weighted by atomic mass is 15.4. The third kappa shape index (κ3) is 1.95. The Morgan fingerprint density at radius 3 is 2.39 bits per heavy atom. The lowest BCUT2D eigenvalue weighted by Gasteiger charge is -2.39. The minimum absolute atomic E-state index is 0.454. The summed E-state index contributed by atoms with van der Waals surface area (Å²) in [7, 11) is 0. The summed E-state index contributed by atoms with van der Waals surface area (Å²) in [5.74, 6) is 0. The van der Waals surface area contributed by atoms with Gasteiger partial charge in [-0.25, -0.2) is 0 Å². The van der Waals surface area contributed by atoms with E-state index in [1.807, 2.05) is 12.3 Å². The van der Waals surface area contributed by atoms with Crippen LogP contribution in [-0.2, 0) is 0 Å². The number of rotatable bonds is 3. The van der Waals surface area contributed by atoms with Crippen molar-refractivity contribution in [1.82, 2.24) is 14.8 Å². The number of piperazine rings is 1. The average Bonchev–Trinajstić information content (AvgIpc) is 2.98. The second-order valence-corrected chi connectivity index (χ2v) is 5.96. The molecular formula is C15H23N3. The lowest BCUT2D eigenvalue weighted by Crippen LogP contribution is -2.49. The third-order valence-electron chi connectivity index (χ3n) is 4.60. The van der Waals surface area contributed by atoms with Crippen LogP contribution in [0.1, 0.15) is 38.9 Å². The highest BCUT2D eigenvalue weighted by Gasteiger charge is 2.45. The number of pyridine rings is 1. The molecular weight excluding hydrogens is 222 g/mol. The minimum Gasteiger partial charge on any atom is -0.295 e. The van der Waals surface area contributed by atoms with Crippen molar-refractivity contribution in [2.45, 2.75) is 51.4 Å². The summed E-state index contributed by atoms with van der Waals surface area (Å²) in [4.78, 5) is 9.81. The van der Waals surface area contributed by atoms with Gasteiger partial charge >= 0.3 is 0 Å². The van der Waals surface area contributed by atoms with Crippen LogP contribution in [0.3, 0.4) is 0 Å². The predicted octanol–water partition coefficient (Wildman–Crippen LogP) is 2.31. The van der Waals surface area contributed by atoms with Gasteiger partial charge in [0.15, 0.2) is 0 Å². The van der Waals surface area contributed by atoms with Crippen molar-refractivity contribution in [2.75, 3.05) is 13.1 Å². The molecule has 1 aromatic rings. The molecule has 3 heterocycles. The number of nitrogens with zero attached hydrogens (tertiary/aromatic N) is 3. The molecule has 0 radical (unpaired) electrons. The van der Waals surface area contributed by atoms with E-state index < -0.39 is 0 Å². The number of hydrogen-bond acceptors (Lipinski definition) is 3. The van der Waals surface area contributed by atoms with Gasteiger partial charge in [-0.3, -0.25) is 14.8 Å². The molecule has 0 saturated carbocycles. The zero-order valence-corrected chi connectivity index (χ0v) is 11.6. The lowest BCUT2D eigenvalue weighted by atomic mass is 10.1. The van der Waals surface area contributed by atoms with Crippen LogP contribution in [0.4, 0.5) is 0 Å². The Kier molecular flexibility index (Phi) is 3.12. The molecule has 2 aliphatic rings. The van der Waals surface area contributed by atoms with Crippen LogP contribution in [0.25, 0.3) is 0 Å². The van der Waals surface area contributed by atoms with Crippen LogP contribution >= 0.6 is 0 Å². The predicted molar refractivity (Wildman–Crippen MR) is 73.4 cm³/mol. The fraction of sp³-hybridized carbons (Fsp3) is 0.667. The molecule has 2 aliphatic heterocycles. The van der Waals surface area contributed by atoms with Crippen LogP contribution < -0.4 is 0 Å². The van der Waals surface area contributed by atoms with Gasteiger partial charge in [-0.1, -0.05) is 6.07 Å². The van der Waals surface area contributed by atoms with Crippen LogP contribution in [-0.4, -0.2) is 46.0 Å². The van der Waals surface area contributed by atoms with Crippen molar-refractivity contribution in [2.24, 2.45) is 0 Å². The van der Waals surface area contributed by atoms with Gasteiger partial charge in [0.1, 0.15) is 0 Å². The summed E-state index contributed by atoms with van der Waals surface area (Å²) in [6.07, 6.45) is 3.25. The molecule has 0 spiro atoms. The monoisotopic (exact) mass is 245 g/mol. The summed E-state index contributed by atoms with van der Waals surface area (Å²) in [5.41, 5.74) is 1.21. The number of likely N-dealkylation sites (tertiary alicyclic amines) is 2. The third-order valence-corrected chi connectivity index (χ3v) is 4.60. The van der Waals surface area contributed by atoms with Gasteiger partial charge in [0, 0.05) is 43.5 Å². The highest BCUT2D eigenvalue weighted by Crippen LogP contribution is 2.37. The molecule has 2 fully saturated rings. The van der Waals surface area contributed by atoms with Crippen molar-refractivity contribution >= 4 is 0 Å². The van der Waals surface area contributed by atoms with E-state index in [0.717, 1.165) is 12.1 Å². The molecule has 3 heteroatoms. The summed E-state index contributed by atoms with van der Waals surface area (Å²) >= 11 is 0. The first-order valence-electron chi connectivity index (χ1n) is 7.09. The fourth-order valence-corrected chi connectivity index (χ4v) is 3.63. The first-order valence-corrected chi connectivity index (χ1v) is 7.09. The van der Waals surface area contributed by atoms with Crippen LogP contribution in [0.15, 0.2) is 24.4 Å². The van der Waals surface area contributed by atoms with Gasteiger partial charge in [0.2, 0.25) is 0 Å². The van der Waals surface area contributed by atoms with E-state index in [-0.39, 0.29) is 0 Å². The molecule has 0 N–H and O–H groups in total. The van der Waals surface area contributed by atoms with E-state index in [1.54, 1.807) is 0 Å². The smallest absolute Gasteiger partial charge is 0.0572 e. The second-order valence-electron chi connectivity index (χ2n) is 5.96. The molecule has 2 saturated heterocycles. The molecule has 3 nitrogen and oxygen atoms in total. The quantitative estimate of drug-likeness (QED) is 0.814. The molecule has 98 valence electrons. The van der Waals surface area contributed by atoms with E-state index in [2.05, 4.69) is 47.7 Å². The Labute approximate surface area is 110 Å². The summed E-state index contributed by atoms with van der Waals surface area (Å²) in [5, 5.41) is 0. The zero-order valence-electron chi connectivity index (χ0n) is 11.6. The largest absolute Gasteiger partial charge is 0.295 e. The number of aromatic nitrogens is 1. The summed E-state index contributed by atoms with van der Waals surface area (Å²) in [6, 6.07) is 8.87. The Morgan fingerprint density at radius 1 is 1.11 bits per heavy atom. The van der Waals surface area contributed by atoms with Crippen molar-refractivity contribution in [3.63, 3.8) is 0 Å². The molecule has 2 unspecified atom stereocenters. The van der Waals surface area contributed by atoms with Gasteiger partial charge in [-0.05, 0) is 39.3 Å². The van der Waals surface area contributed by atoms with Crippen LogP contribution in [0.2, 0.25) is 0 Å². The maximum atomic E-state index is 4.51. The van der Waals surface area contributed by atoms with E-state index in [1.165, 1.54) is 25.2 Å². The molecule has 3 atom stereocenters. The van der Waals surface area contributed by atoms with Gasteiger partial charge in [0.25, 0.3) is 0 Å². The number of hydrogen-bond donors (Lipinski definition) is 0. The summed E-state index contributed by atoms with van der Waals surface area (Å²) < 4.78 is 0. The molecule has 2 bridgehead atoms. The van der Waals surface area contributed by atoms with E-state index in [4.69, 9.17) is 0 Å². The second kappa shape index (κ2) is 4.63. The fourth-order valence-electron chi connectivity index (χ4n) is 3.63. The van der Waals surface area contributed by atoms with Crippen molar-refractivity contribution in [3.05, 3.63) is 30.1 Å². The van der Waals surface area contributed by atoms with Crippen LogP contribution in [0, 0.1) is 0 Å². The zero-order chi connectivity index (χ0) is 12.7. The van der Waals surface area contributed by atoms with Gasteiger partial charge < -0.3 is 0 Å². The molecule has 0 amide bonds. The van der Waals surface area contributed by atoms with E-state index >= 15 is 0 Å². The average molecular weight is 245 g/mol. The Balaban J connectivity index is 1.71. The first-order chi connectivity index (χ1) is 8.66. The Morgan fingerprint density at radius 2 is 1.83 bits per heavy atom. The minimum atomic E-state index is 0.454. The molecule has 0 aromatic carbocycles. The maximum absolute atomic E-state index is 4.51. The SMILES string of the molecule is CC(C)N1CC2CC1CN2[C@H](C)c1ccccn1. The van der Waals surface area contributed by atoms with Crippen molar-refractivity contribution < 1.29 is 0 Å². The van der Waals surface area contributed by atoms with Crippen molar-refractivity contribution in [1.29, 1.82) is 0 Å². The molecule has 18 heavy (non-hydrogen) atoms. The normalized spacial score (nSPS) is 30.2. The van der Waals surface area contributed by atoms with Gasteiger partial charge in [-0.15, -0.1) is 0 Å². The van der Waals surface area contributed by atoms with E-state index in [9.17, 15) is 0 Å². The van der Waals surface area contributed by atoms with Crippen molar-refractivity contribution in [3.8, 4) is 0 Å². The van der Waals surface area contributed by atoms with Gasteiger partial charge in [-0.2, -0.15) is 0 Å².